The number of benzene rings is 2. The van der Waals surface area contributed by atoms with Gasteiger partial charge in [-0.2, -0.15) is 5.26 Å². The molecule has 4 rings (SSSR count). The van der Waals surface area contributed by atoms with E-state index in [9.17, 15) is 19.6 Å². The third-order valence-electron chi connectivity index (χ3n) is 5.12. The monoisotopic (exact) mass is 453 g/mol. The number of ether oxygens (including phenoxy) is 1. The number of pyridine rings is 1. The molecule has 0 spiro atoms. The van der Waals surface area contributed by atoms with Crippen LogP contribution in [0.25, 0.3) is 22.2 Å². The second-order valence-corrected chi connectivity index (χ2v) is 7.35. The number of anilines is 3. The first-order chi connectivity index (χ1) is 16.4. The van der Waals surface area contributed by atoms with Crippen molar-refractivity contribution in [1.82, 2.24) is 9.97 Å². The summed E-state index contributed by atoms with van der Waals surface area (Å²) in [6.07, 6.45) is 2.66. The molecule has 9 heteroatoms. The SMILES string of the molecule is COC(=O)N(c1cccc(C#N)c1)c1cnc2[nH]cc(-c3cccc(NC(=O)C(C)=O)c3)c2c1. The molecule has 2 N–H and O–H groups in total. The number of fused-ring (bicyclic) bond motifs is 1. The van der Waals surface area contributed by atoms with Crippen molar-refractivity contribution in [2.24, 2.45) is 0 Å². The summed E-state index contributed by atoms with van der Waals surface area (Å²) < 4.78 is 4.98. The molecule has 0 fully saturated rings. The van der Waals surface area contributed by atoms with Gasteiger partial charge in [-0.05, 0) is 42.0 Å². The normalized spacial score (nSPS) is 10.4. The lowest BCUT2D eigenvalue weighted by molar-refractivity contribution is -0.133. The van der Waals surface area contributed by atoms with Crippen molar-refractivity contribution in [1.29, 1.82) is 5.26 Å². The Morgan fingerprint density at radius 1 is 1.09 bits per heavy atom. The summed E-state index contributed by atoms with van der Waals surface area (Å²) in [5.74, 6) is -1.29. The maximum Gasteiger partial charge on any atom is 0.418 e. The summed E-state index contributed by atoms with van der Waals surface area (Å²) in [4.78, 5) is 44.6. The van der Waals surface area contributed by atoms with Gasteiger partial charge in [0.2, 0.25) is 5.78 Å². The van der Waals surface area contributed by atoms with E-state index in [0.29, 0.717) is 28.3 Å². The van der Waals surface area contributed by atoms with Gasteiger partial charge in [-0.15, -0.1) is 0 Å². The highest BCUT2D eigenvalue weighted by Gasteiger charge is 2.21. The fourth-order valence-electron chi connectivity index (χ4n) is 3.50. The minimum atomic E-state index is -0.701. The van der Waals surface area contributed by atoms with Gasteiger partial charge in [0.1, 0.15) is 5.65 Å². The minimum Gasteiger partial charge on any atom is -0.452 e. The van der Waals surface area contributed by atoms with Gasteiger partial charge in [-0.3, -0.25) is 9.59 Å². The van der Waals surface area contributed by atoms with Crippen LogP contribution < -0.4 is 10.2 Å². The Morgan fingerprint density at radius 2 is 1.88 bits per heavy atom. The van der Waals surface area contributed by atoms with Crippen LogP contribution in [0.2, 0.25) is 0 Å². The molecule has 2 heterocycles. The molecular weight excluding hydrogens is 434 g/mol. The van der Waals surface area contributed by atoms with E-state index in [0.717, 1.165) is 16.5 Å². The Bertz CT molecular complexity index is 1470. The second-order valence-electron chi connectivity index (χ2n) is 7.35. The molecule has 0 atom stereocenters. The number of carbonyl (C=O) groups is 3. The molecule has 0 unspecified atom stereocenters. The van der Waals surface area contributed by atoms with Gasteiger partial charge >= 0.3 is 6.09 Å². The Morgan fingerprint density at radius 3 is 2.62 bits per heavy atom. The number of H-pyrrole nitrogens is 1. The molecule has 34 heavy (non-hydrogen) atoms. The van der Waals surface area contributed by atoms with E-state index in [4.69, 9.17) is 4.74 Å². The molecule has 0 aliphatic carbocycles. The molecule has 0 aliphatic rings. The largest absolute Gasteiger partial charge is 0.452 e. The molecule has 0 radical (unpaired) electrons. The highest BCUT2D eigenvalue weighted by atomic mass is 16.5. The summed E-state index contributed by atoms with van der Waals surface area (Å²) in [7, 11) is 1.28. The molecule has 2 aromatic heterocycles. The number of nitrogens with one attached hydrogen (secondary N) is 2. The van der Waals surface area contributed by atoms with Crippen LogP contribution in [0.15, 0.2) is 67.0 Å². The van der Waals surface area contributed by atoms with Gasteiger partial charge in [-0.25, -0.2) is 14.7 Å². The van der Waals surface area contributed by atoms with Crippen molar-refractivity contribution >= 4 is 45.9 Å². The Labute approximate surface area is 194 Å². The first kappa shape index (κ1) is 22.2. The summed E-state index contributed by atoms with van der Waals surface area (Å²) >= 11 is 0. The number of hydrogen-bond acceptors (Lipinski definition) is 6. The lowest BCUT2D eigenvalue weighted by atomic mass is 10.0. The van der Waals surface area contributed by atoms with Crippen LogP contribution in [0, 0.1) is 11.3 Å². The van der Waals surface area contributed by atoms with Crippen molar-refractivity contribution in [2.45, 2.75) is 6.92 Å². The highest BCUT2D eigenvalue weighted by Crippen LogP contribution is 2.34. The van der Waals surface area contributed by atoms with E-state index < -0.39 is 17.8 Å². The van der Waals surface area contributed by atoms with Crippen molar-refractivity contribution in [3.8, 4) is 17.2 Å². The summed E-state index contributed by atoms with van der Waals surface area (Å²) in [5, 5.41) is 12.5. The van der Waals surface area contributed by atoms with Crippen LogP contribution in [-0.2, 0) is 14.3 Å². The van der Waals surface area contributed by atoms with E-state index in [1.54, 1.807) is 54.7 Å². The molecular formula is C25H19N5O4. The van der Waals surface area contributed by atoms with Gasteiger partial charge in [0.05, 0.1) is 36.3 Å². The van der Waals surface area contributed by atoms with E-state index in [1.807, 2.05) is 6.07 Å². The number of aromatic nitrogens is 2. The minimum absolute atomic E-state index is 0.396. The Kier molecular flexibility index (Phi) is 6.05. The number of aromatic amines is 1. The van der Waals surface area contributed by atoms with Gasteiger partial charge in [0.15, 0.2) is 0 Å². The van der Waals surface area contributed by atoms with Crippen molar-refractivity contribution in [3.05, 3.63) is 72.6 Å². The maximum atomic E-state index is 12.7. The molecule has 4 aromatic rings. The predicted octanol–water partition coefficient (Wildman–Crippen LogP) is 4.53. The van der Waals surface area contributed by atoms with E-state index in [1.165, 1.54) is 25.1 Å². The number of hydrogen-bond donors (Lipinski definition) is 2. The number of rotatable bonds is 5. The number of Topliss-reactive ketones (excluding diaryl/α,β-unsaturated/α-hetero) is 1. The van der Waals surface area contributed by atoms with Crippen LogP contribution >= 0.6 is 0 Å². The summed E-state index contributed by atoms with van der Waals surface area (Å²) in [5.41, 5.74) is 3.90. The zero-order valence-electron chi connectivity index (χ0n) is 18.3. The fraction of sp³-hybridized carbons (Fsp3) is 0.0800. The van der Waals surface area contributed by atoms with Gasteiger partial charge in [0.25, 0.3) is 5.91 Å². The van der Waals surface area contributed by atoms with Crippen LogP contribution in [0.1, 0.15) is 12.5 Å². The third kappa shape index (κ3) is 4.33. The van der Waals surface area contributed by atoms with Crippen LogP contribution in [0.5, 0.6) is 0 Å². The van der Waals surface area contributed by atoms with Gasteiger partial charge in [-0.1, -0.05) is 18.2 Å². The second kappa shape index (κ2) is 9.26. The standard InChI is InChI=1S/C25H19N5O4/c1-15(31)24(32)29-18-7-4-6-17(10-18)22-14-28-23-21(22)11-20(13-27-23)30(25(33)34-2)19-8-3-5-16(9-19)12-26/h3-11,13-14H,1-2H3,(H,27,28)(H,29,32). The maximum absolute atomic E-state index is 12.7. The highest BCUT2D eigenvalue weighted by molar-refractivity contribution is 6.39. The number of ketones is 1. The summed E-state index contributed by atoms with van der Waals surface area (Å²) in [6, 6.07) is 17.5. The van der Waals surface area contributed by atoms with E-state index in [-0.39, 0.29) is 0 Å². The Hall–Kier alpha value is -4.97. The van der Waals surface area contributed by atoms with E-state index in [2.05, 4.69) is 21.4 Å². The van der Waals surface area contributed by atoms with Gasteiger partial charge < -0.3 is 15.0 Å². The third-order valence-corrected chi connectivity index (χ3v) is 5.12. The molecule has 9 nitrogen and oxygen atoms in total. The molecule has 0 bridgehead atoms. The first-order valence-electron chi connectivity index (χ1n) is 10.2. The van der Waals surface area contributed by atoms with Crippen molar-refractivity contribution < 1.29 is 19.1 Å². The predicted molar refractivity (Wildman–Crippen MR) is 127 cm³/mol. The lowest BCUT2D eigenvalue weighted by Gasteiger charge is -2.21. The molecule has 0 saturated carbocycles. The molecule has 0 saturated heterocycles. The number of methoxy groups -OCH3 is 1. The van der Waals surface area contributed by atoms with E-state index >= 15 is 0 Å². The van der Waals surface area contributed by atoms with Crippen LogP contribution in [0.3, 0.4) is 0 Å². The zero-order chi connectivity index (χ0) is 24.2. The number of amides is 2. The fourth-order valence-corrected chi connectivity index (χ4v) is 3.50. The number of carbonyl (C=O) groups excluding carboxylic acids is 3. The zero-order valence-corrected chi connectivity index (χ0v) is 18.3. The van der Waals surface area contributed by atoms with Crippen LogP contribution in [0.4, 0.5) is 21.9 Å². The summed E-state index contributed by atoms with van der Waals surface area (Å²) in [6.45, 7) is 1.20. The Balaban J connectivity index is 1.79. The molecule has 2 aromatic carbocycles. The van der Waals surface area contributed by atoms with Crippen LogP contribution in [-0.4, -0.2) is 34.9 Å². The average Bonchev–Trinajstić information content (AvgIpc) is 3.27. The van der Waals surface area contributed by atoms with Crippen molar-refractivity contribution in [2.75, 3.05) is 17.3 Å². The van der Waals surface area contributed by atoms with Crippen molar-refractivity contribution in [3.63, 3.8) is 0 Å². The lowest BCUT2D eigenvalue weighted by Crippen LogP contribution is -2.25. The molecule has 0 aliphatic heterocycles. The van der Waals surface area contributed by atoms with Gasteiger partial charge in [0, 0.05) is 29.8 Å². The number of nitrogens with zero attached hydrogens (tertiary/aromatic N) is 3. The quantitative estimate of drug-likeness (QED) is 0.427. The average molecular weight is 453 g/mol. The molecule has 2 amide bonds. The number of nitriles is 1. The molecule has 168 valence electrons. The topological polar surface area (TPSA) is 128 Å². The smallest absolute Gasteiger partial charge is 0.418 e. The first-order valence-corrected chi connectivity index (χ1v) is 10.2.